The zero-order valence-corrected chi connectivity index (χ0v) is 7.23. The van der Waals surface area contributed by atoms with Crippen LogP contribution < -0.4 is 0 Å². The second kappa shape index (κ2) is 2.91. The summed E-state index contributed by atoms with van der Waals surface area (Å²) in [5.74, 6) is -1.63. The predicted molar refractivity (Wildman–Crippen MR) is 41.1 cm³/mol. The molecule has 0 saturated carbocycles. The highest BCUT2D eigenvalue weighted by atomic mass is 35.7. The summed E-state index contributed by atoms with van der Waals surface area (Å²) in [6.45, 7) is 0. The van der Waals surface area contributed by atoms with Crippen molar-refractivity contribution in [3.05, 3.63) is 24.0 Å². The third kappa shape index (κ3) is 1.86. The largest absolute Gasteiger partial charge is 0.505 e. The molecule has 0 aliphatic heterocycles. The van der Waals surface area contributed by atoms with E-state index in [1.807, 2.05) is 0 Å². The normalized spacial score (nSPS) is 11.5. The fraction of sp³-hybridized carbons (Fsp3) is 0. The second-order valence-electron chi connectivity index (χ2n) is 2.05. The van der Waals surface area contributed by atoms with Gasteiger partial charge in [-0.25, -0.2) is 12.8 Å². The average molecular weight is 211 g/mol. The number of halogens is 2. The molecule has 1 aromatic rings. The van der Waals surface area contributed by atoms with E-state index in [1.165, 1.54) is 0 Å². The van der Waals surface area contributed by atoms with E-state index >= 15 is 0 Å². The van der Waals surface area contributed by atoms with E-state index in [1.54, 1.807) is 0 Å². The van der Waals surface area contributed by atoms with Crippen LogP contribution in [0.1, 0.15) is 0 Å². The monoisotopic (exact) mass is 210 g/mol. The van der Waals surface area contributed by atoms with Crippen molar-refractivity contribution in [3.63, 3.8) is 0 Å². The fourth-order valence-electron chi connectivity index (χ4n) is 0.639. The maximum absolute atomic E-state index is 12.5. The van der Waals surface area contributed by atoms with Gasteiger partial charge in [-0.05, 0) is 18.2 Å². The Hall–Kier alpha value is -0.810. The number of phenols is 1. The van der Waals surface area contributed by atoms with Crippen molar-refractivity contribution >= 4 is 19.7 Å². The van der Waals surface area contributed by atoms with Crippen molar-refractivity contribution < 1.29 is 17.9 Å². The van der Waals surface area contributed by atoms with Gasteiger partial charge in [-0.1, -0.05) is 0 Å². The summed E-state index contributed by atoms with van der Waals surface area (Å²) in [7, 11) is 0.986. The zero-order valence-electron chi connectivity index (χ0n) is 5.66. The Morgan fingerprint density at radius 3 is 2.42 bits per heavy atom. The molecule has 0 aliphatic rings. The van der Waals surface area contributed by atoms with Crippen LogP contribution in [0, 0.1) is 5.82 Å². The summed E-state index contributed by atoms with van der Waals surface area (Å²) in [6, 6.07) is 2.59. The minimum absolute atomic E-state index is 0.375. The maximum atomic E-state index is 12.5. The first-order chi connectivity index (χ1) is 5.41. The molecule has 0 aromatic heterocycles. The molecule has 1 aromatic carbocycles. The van der Waals surface area contributed by atoms with Crippen molar-refractivity contribution in [2.24, 2.45) is 0 Å². The van der Waals surface area contributed by atoms with Crippen molar-refractivity contribution in [3.8, 4) is 5.75 Å². The molecule has 0 fully saturated rings. The molecule has 1 rings (SSSR count). The number of hydrogen-bond donors (Lipinski definition) is 1. The van der Waals surface area contributed by atoms with Gasteiger partial charge in [0.1, 0.15) is 0 Å². The van der Waals surface area contributed by atoms with Crippen molar-refractivity contribution in [2.75, 3.05) is 0 Å². The van der Waals surface area contributed by atoms with Gasteiger partial charge < -0.3 is 5.11 Å². The van der Waals surface area contributed by atoms with E-state index in [-0.39, 0.29) is 4.90 Å². The molecule has 66 valence electrons. The third-order valence-electron chi connectivity index (χ3n) is 1.20. The van der Waals surface area contributed by atoms with Gasteiger partial charge in [-0.15, -0.1) is 0 Å². The number of benzene rings is 1. The van der Waals surface area contributed by atoms with E-state index in [0.717, 1.165) is 12.1 Å². The van der Waals surface area contributed by atoms with Crippen LogP contribution in [0.5, 0.6) is 5.75 Å². The van der Waals surface area contributed by atoms with Crippen LogP contribution in [0.3, 0.4) is 0 Å². The Bertz CT molecular complexity index is 401. The van der Waals surface area contributed by atoms with Gasteiger partial charge in [0.2, 0.25) is 0 Å². The van der Waals surface area contributed by atoms with E-state index in [4.69, 9.17) is 15.8 Å². The molecule has 0 heterocycles. The van der Waals surface area contributed by atoms with Gasteiger partial charge in [0.25, 0.3) is 9.05 Å². The number of hydrogen-bond acceptors (Lipinski definition) is 3. The smallest absolute Gasteiger partial charge is 0.261 e. The van der Waals surface area contributed by atoms with Crippen LogP contribution in [-0.2, 0) is 9.05 Å². The minimum Gasteiger partial charge on any atom is -0.505 e. The fourth-order valence-corrected chi connectivity index (χ4v) is 1.40. The summed E-state index contributed by atoms with van der Waals surface area (Å²) in [5.41, 5.74) is 0. The molecule has 3 nitrogen and oxygen atoms in total. The molecule has 0 unspecified atom stereocenters. The lowest BCUT2D eigenvalue weighted by Crippen LogP contribution is -1.90. The first-order valence-electron chi connectivity index (χ1n) is 2.84. The van der Waals surface area contributed by atoms with E-state index in [2.05, 4.69) is 0 Å². The lowest BCUT2D eigenvalue weighted by molar-refractivity contribution is 0.431. The molecular formula is C6H4ClFO3S. The lowest BCUT2D eigenvalue weighted by Gasteiger charge is -1.97. The van der Waals surface area contributed by atoms with Gasteiger partial charge in [0.15, 0.2) is 11.6 Å². The summed E-state index contributed by atoms with van der Waals surface area (Å²) < 4.78 is 33.8. The average Bonchev–Trinajstić information content (AvgIpc) is 1.92. The Labute approximate surface area is 72.8 Å². The standard InChI is InChI=1S/C6H4ClFO3S/c7-12(10,11)4-1-2-6(9)5(8)3-4/h1-3,9H. The molecule has 0 amide bonds. The number of rotatable bonds is 1. The molecular weight excluding hydrogens is 207 g/mol. The van der Waals surface area contributed by atoms with E-state index < -0.39 is 20.6 Å². The van der Waals surface area contributed by atoms with Gasteiger partial charge in [-0.2, -0.15) is 0 Å². The Balaban J connectivity index is 3.33. The van der Waals surface area contributed by atoms with Gasteiger partial charge in [0, 0.05) is 10.7 Å². The summed E-state index contributed by atoms with van der Waals surface area (Å²) in [5, 5.41) is 8.70. The molecule has 0 radical (unpaired) electrons. The van der Waals surface area contributed by atoms with Crippen LogP contribution in [0.4, 0.5) is 4.39 Å². The topological polar surface area (TPSA) is 54.4 Å². The van der Waals surface area contributed by atoms with Gasteiger partial charge in [-0.3, -0.25) is 0 Å². The van der Waals surface area contributed by atoms with Crippen molar-refractivity contribution in [1.82, 2.24) is 0 Å². The SMILES string of the molecule is O=S(=O)(Cl)c1ccc(O)c(F)c1. The maximum Gasteiger partial charge on any atom is 0.261 e. The molecule has 6 heteroatoms. The molecule has 0 bridgehead atoms. The predicted octanol–water partition coefficient (Wildman–Crippen LogP) is 1.46. The molecule has 0 spiro atoms. The first-order valence-corrected chi connectivity index (χ1v) is 5.15. The van der Waals surface area contributed by atoms with Crippen LogP contribution in [0.25, 0.3) is 0 Å². The second-order valence-corrected chi connectivity index (χ2v) is 4.62. The van der Waals surface area contributed by atoms with Gasteiger partial charge >= 0.3 is 0 Å². The van der Waals surface area contributed by atoms with Gasteiger partial charge in [0.05, 0.1) is 4.90 Å². The Morgan fingerprint density at radius 2 is 2.00 bits per heavy atom. The van der Waals surface area contributed by atoms with Crippen molar-refractivity contribution in [1.29, 1.82) is 0 Å². The number of phenolic OH excluding ortho intramolecular Hbond substituents is 1. The first kappa shape index (κ1) is 9.28. The highest BCUT2D eigenvalue weighted by Gasteiger charge is 2.12. The minimum atomic E-state index is -3.92. The Morgan fingerprint density at radius 1 is 1.42 bits per heavy atom. The molecule has 0 aliphatic carbocycles. The van der Waals surface area contributed by atoms with E-state index in [9.17, 15) is 12.8 Å². The van der Waals surface area contributed by atoms with Crippen LogP contribution in [0.2, 0.25) is 0 Å². The van der Waals surface area contributed by atoms with Crippen molar-refractivity contribution in [2.45, 2.75) is 4.90 Å². The highest BCUT2D eigenvalue weighted by Crippen LogP contribution is 2.21. The Kier molecular flexibility index (Phi) is 2.25. The summed E-state index contributed by atoms with van der Waals surface area (Å²) in [6.07, 6.45) is 0. The summed E-state index contributed by atoms with van der Waals surface area (Å²) in [4.78, 5) is -0.375. The molecule has 0 atom stereocenters. The van der Waals surface area contributed by atoms with Crippen LogP contribution in [0.15, 0.2) is 23.1 Å². The molecule has 0 saturated heterocycles. The molecule has 1 N–H and O–H groups in total. The molecule has 12 heavy (non-hydrogen) atoms. The summed E-state index contributed by atoms with van der Waals surface area (Å²) >= 11 is 0. The van der Waals surface area contributed by atoms with Crippen LogP contribution >= 0.6 is 10.7 Å². The third-order valence-corrected chi connectivity index (χ3v) is 2.55. The quantitative estimate of drug-likeness (QED) is 0.714. The highest BCUT2D eigenvalue weighted by molar-refractivity contribution is 8.13. The van der Waals surface area contributed by atoms with E-state index in [0.29, 0.717) is 6.07 Å². The zero-order chi connectivity index (χ0) is 9.35. The number of aromatic hydroxyl groups is 1. The lowest BCUT2D eigenvalue weighted by atomic mass is 10.3. The van der Waals surface area contributed by atoms with Crippen LogP contribution in [-0.4, -0.2) is 13.5 Å².